The van der Waals surface area contributed by atoms with Gasteiger partial charge < -0.3 is 9.72 Å². The third-order valence-corrected chi connectivity index (χ3v) is 3.08. The molecule has 3 N–H and O–H groups in total. The summed E-state index contributed by atoms with van der Waals surface area (Å²) in [6.07, 6.45) is 2.43. The molecular formula is C14H13N3O3. The van der Waals surface area contributed by atoms with Crippen LogP contribution in [0.1, 0.15) is 26.4 Å². The maximum Gasteiger partial charge on any atom is 0.286 e. The highest BCUT2D eigenvalue weighted by Crippen LogP contribution is 2.25. The van der Waals surface area contributed by atoms with Gasteiger partial charge in [0.15, 0.2) is 0 Å². The largest absolute Gasteiger partial charge is 0.493 e. The van der Waals surface area contributed by atoms with E-state index in [1.165, 1.54) is 0 Å². The maximum atomic E-state index is 11.9. The molecular weight excluding hydrogens is 258 g/mol. The number of fused-ring (bicyclic) bond motifs is 1. The number of hydrogen-bond acceptors (Lipinski definition) is 3. The lowest BCUT2D eigenvalue weighted by molar-refractivity contribution is 0.0844. The molecule has 0 bridgehead atoms. The van der Waals surface area contributed by atoms with Gasteiger partial charge in [0.05, 0.1) is 6.61 Å². The SMILES string of the molecule is O=C(NNC(=O)c1ccc[nH]1)c1ccc2c(c1)CCO2. The van der Waals surface area contributed by atoms with Crippen molar-refractivity contribution in [3.05, 3.63) is 53.3 Å². The summed E-state index contributed by atoms with van der Waals surface area (Å²) < 4.78 is 5.37. The number of carbonyl (C=O) groups is 2. The van der Waals surface area contributed by atoms with E-state index in [1.54, 1.807) is 36.5 Å². The lowest BCUT2D eigenvalue weighted by Gasteiger charge is -2.07. The number of H-pyrrole nitrogens is 1. The third kappa shape index (κ3) is 2.35. The van der Waals surface area contributed by atoms with Crippen molar-refractivity contribution in [1.82, 2.24) is 15.8 Å². The van der Waals surface area contributed by atoms with Gasteiger partial charge in [-0.2, -0.15) is 0 Å². The fourth-order valence-electron chi connectivity index (χ4n) is 2.05. The normalized spacial score (nSPS) is 12.4. The Balaban J connectivity index is 1.63. The molecule has 0 radical (unpaired) electrons. The number of amides is 2. The van der Waals surface area contributed by atoms with Gasteiger partial charge in [-0.3, -0.25) is 20.4 Å². The van der Waals surface area contributed by atoms with Gasteiger partial charge in [0.2, 0.25) is 0 Å². The van der Waals surface area contributed by atoms with E-state index in [2.05, 4.69) is 15.8 Å². The van der Waals surface area contributed by atoms with Gasteiger partial charge in [-0.25, -0.2) is 0 Å². The lowest BCUT2D eigenvalue weighted by Crippen LogP contribution is -2.41. The van der Waals surface area contributed by atoms with E-state index in [0.717, 1.165) is 17.7 Å². The second-order valence-corrected chi connectivity index (χ2v) is 4.41. The van der Waals surface area contributed by atoms with E-state index in [4.69, 9.17) is 4.74 Å². The van der Waals surface area contributed by atoms with Crippen LogP contribution in [0.3, 0.4) is 0 Å². The zero-order valence-corrected chi connectivity index (χ0v) is 10.6. The molecule has 0 saturated carbocycles. The van der Waals surface area contributed by atoms with Crippen molar-refractivity contribution in [3.8, 4) is 5.75 Å². The van der Waals surface area contributed by atoms with Gasteiger partial charge in [-0.1, -0.05) is 0 Å². The van der Waals surface area contributed by atoms with Crippen LogP contribution in [0.25, 0.3) is 0 Å². The molecule has 0 atom stereocenters. The minimum absolute atomic E-state index is 0.361. The molecule has 0 aliphatic carbocycles. The van der Waals surface area contributed by atoms with E-state index in [0.29, 0.717) is 17.9 Å². The van der Waals surface area contributed by atoms with E-state index in [1.807, 2.05) is 0 Å². The van der Waals surface area contributed by atoms with Crippen LogP contribution in [0.15, 0.2) is 36.5 Å². The van der Waals surface area contributed by atoms with Gasteiger partial charge in [-0.05, 0) is 35.9 Å². The Morgan fingerprint density at radius 2 is 2.00 bits per heavy atom. The van der Waals surface area contributed by atoms with Crippen LogP contribution in [-0.2, 0) is 6.42 Å². The first-order valence-corrected chi connectivity index (χ1v) is 6.24. The smallest absolute Gasteiger partial charge is 0.286 e. The molecule has 1 aliphatic rings. The highest BCUT2D eigenvalue weighted by Gasteiger charge is 2.15. The molecule has 0 saturated heterocycles. The Bertz CT molecular complexity index is 650. The first-order valence-electron chi connectivity index (χ1n) is 6.24. The number of benzene rings is 1. The average Bonchev–Trinajstić information content (AvgIpc) is 3.13. The van der Waals surface area contributed by atoms with Crippen molar-refractivity contribution >= 4 is 11.8 Å². The van der Waals surface area contributed by atoms with Crippen molar-refractivity contribution in [2.45, 2.75) is 6.42 Å². The predicted octanol–water partition coefficient (Wildman–Crippen LogP) is 1.02. The van der Waals surface area contributed by atoms with Gasteiger partial charge in [-0.15, -0.1) is 0 Å². The zero-order chi connectivity index (χ0) is 13.9. The summed E-state index contributed by atoms with van der Waals surface area (Å²) in [5.41, 5.74) is 6.61. The van der Waals surface area contributed by atoms with Gasteiger partial charge >= 0.3 is 0 Å². The summed E-state index contributed by atoms with van der Waals surface area (Å²) in [6.45, 7) is 0.643. The van der Waals surface area contributed by atoms with Gasteiger partial charge in [0.25, 0.3) is 11.8 Å². The molecule has 1 aromatic carbocycles. The van der Waals surface area contributed by atoms with E-state index in [-0.39, 0.29) is 5.91 Å². The van der Waals surface area contributed by atoms with Crippen LogP contribution in [0.4, 0.5) is 0 Å². The quantitative estimate of drug-likeness (QED) is 0.713. The van der Waals surface area contributed by atoms with Crippen molar-refractivity contribution < 1.29 is 14.3 Å². The van der Waals surface area contributed by atoms with Crippen molar-refractivity contribution in [2.75, 3.05) is 6.61 Å². The minimum atomic E-state index is -0.396. The molecule has 3 rings (SSSR count). The molecule has 1 aliphatic heterocycles. The van der Waals surface area contributed by atoms with Crippen LogP contribution in [0, 0.1) is 0 Å². The van der Waals surface area contributed by atoms with Gasteiger partial charge in [0.1, 0.15) is 11.4 Å². The number of hydrazine groups is 1. The molecule has 6 nitrogen and oxygen atoms in total. The molecule has 2 amide bonds. The number of rotatable bonds is 2. The van der Waals surface area contributed by atoms with E-state index >= 15 is 0 Å². The topological polar surface area (TPSA) is 83.2 Å². The monoisotopic (exact) mass is 271 g/mol. The number of carbonyl (C=O) groups excluding carboxylic acids is 2. The number of hydrogen-bond donors (Lipinski definition) is 3. The molecule has 102 valence electrons. The second-order valence-electron chi connectivity index (χ2n) is 4.41. The Morgan fingerprint density at radius 3 is 2.80 bits per heavy atom. The molecule has 20 heavy (non-hydrogen) atoms. The summed E-state index contributed by atoms with van der Waals surface area (Å²) in [6, 6.07) is 8.54. The van der Waals surface area contributed by atoms with Gasteiger partial charge in [0, 0.05) is 18.2 Å². The van der Waals surface area contributed by atoms with Crippen LogP contribution in [-0.4, -0.2) is 23.4 Å². The Morgan fingerprint density at radius 1 is 1.15 bits per heavy atom. The number of nitrogens with one attached hydrogen (secondary N) is 3. The first kappa shape index (κ1) is 12.3. The molecule has 0 unspecified atom stereocenters. The maximum absolute atomic E-state index is 11.9. The molecule has 1 aromatic heterocycles. The van der Waals surface area contributed by atoms with Crippen LogP contribution >= 0.6 is 0 Å². The summed E-state index contributed by atoms with van der Waals surface area (Å²) >= 11 is 0. The lowest BCUT2D eigenvalue weighted by atomic mass is 10.1. The Labute approximate surface area is 115 Å². The highest BCUT2D eigenvalue weighted by molar-refractivity contribution is 5.98. The average molecular weight is 271 g/mol. The third-order valence-electron chi connectivity index (χ3n) is 3.08. The zero-order valence-electron chi connectivity index (χ0n) is 10.6. The van der Waals surface area contributed by atoms with Crippen LogP contribution in [0.2, 0.25) is 0 Å². The van der Waals surface area contributed by atoms with Crippen LogP contribution < -0.4 is 15.6 Å². The van der Waals surface area contributed by atoms with Crippen molar-refractivity contribution in [1.29, 1.82) is 0 Å². The number of aromatic nitrogens is 1. The first-order chi connectivity index (χ1) is 9.74. The molecule has 0 spiro atoms. The second kappa shape index (κ2) is 5.08. The summed E-state index contributed by atoms with van der Waals surface area (Å²) in [7, 11) is 0. The van der Waals surface area contributed by atoms with Crippen molar-refractivity contribution in [3.63, 3.8) is 0 Å². The summed E-state index contributed by atoms with van der Waals surface area (Å²) in [4.78, 5) is 26.3. The highest BCUT2D eigenvalue weighted by atomic mass is 16.5. The molecule has 6 heteroatoms. The molecule has 0 fully saturated rings. The number of ether oxygens (including phenoxy) is 1. The van der Waals surface area contributed by atoms with E-state index < -0.39 is 5.91 Å². The summed E-state index contributed by atoms with van der Waals surface area (Å²) in [5.74, 6) is 0.0596. The number of aromatic amines is 1. The predicted molar refractivity (Wildman–Crippen MR) is 71.4 cm³/mol. The van der Waals surface area contributed by atoms with Crippen LogP contribution in [0.5, 0.6) is 5.75 Å². The van der Waals surface area contributed by atoms with Crippen molar-refractivity contribution in [2.24, 2.45) is 0 Å². The minimum Gasteiger partial charge on any atom is -0.493 e. The fraction of sp³-hybridized carbons (Fsp3) is 0.143. The fourth-order valence-corrected chi connectivity index (χ4v) is 2.05. The Kier molecular flexibility index (Phi) is 3.12. The Hall–Kier alpha value is -2.76. The molecule has 2 heterocycles. The molecule has 2 aromatic rings. The van der Waals surface area contributed by atoms with E-state index in [9.17, 15) is 9.59 Å². The standard InChI is InChI=1S/C14H13N3O3/c18-13(16-17-14(19)11-2-1-6-15-11)10-3-4-12-9(8-10)5-7-20-12/h1-4,6,8,15H,5,7H2,(H,16,18)(H,17,19). The summed E-state index contributed by atoms with van der Waals surface area (Å²) in [5, 5.41) is 0.